The molecule has 0 atom stereocenters. The molecule has 1 fully saturated rings. The van der Waals surface area contributed by atoms with Crippen molar-refractivity contribution in [1.29, 1.82) is 0 Å². The predicted octanol–water partition coefficient (Wildman–Crippen LogP) is 3.82. The summed E-state index contributed by atoms with van der Waals surface area (Å²) in [6.45, 7) is 26.1. The van der Waals surface area contributed by atoms with E-state index in [1.807, 2.05) is 6.07 Å². The molecule has 0 unspecified atom stereocenters. The number of hydrogen-bond acceptors (Lipinski definition) is 8. The molecule has 0 radical (unpaired) electrons. The minimum absolute atomic E-state index is 0.0205. The maximum atomic E-state index is 11.9. The minimum atomic E-state index is -0.227. The van der Waals surface area contributed by atoms with Crippen molar-refractivity contribution in [2.45, 2.75) is 85.6 Å². The van der Waals surface area contributed by atoms with Crippen LogP contribution in [0.25, 0.3) is 12.4 Å². The normalized spacial score (nSPS) is 16.9. The summed E-state index contributed by atoms with van der Waals surface area (Å²) in [7, 11) is 1.73. The number of methoxy groups -OCH3 is 1. The molecular formula is C42H65N7O4. The van der Waals surface area contributed by atoms with Crippen LogP contribution in [0.5, 0.6) is 5.75 Å². The van der Waals surface area contributed by atoms with Crippen molar-refractivity contribution in [2.24, 2.45) is 16.1 Å². The summed E-state index contributed by atoms with van der Waals surface area (Å²) in [5.41, 5.74) is 8.30. The van der Waals surface area contributed by atoms with Crippen LogP contribution in [0.1, 0.15) is 84.8 Å². The molecule has 11 heteroatoms. The second-order valence-corrected chi connectivity index (χ2v) is 16.0. The molecular weight excluding hydrogens is 667 g/mol. The number of nitrogens with one attached hydrogen (secondary N) is 1. The molecule has 0 bridgehead atoms. The van der Waals surface area contributed by atoms with Crippen molar-refractivity contribution >= 4 is 30.0 Å². The van der Waals surface area contributed by atoms with Crippen molar-refractivity contribution in [2.75, 3.05) is 72.7 Å². The molecule has 11 nitrogen and oxygen atoms in total. The second kappa shape index (κ2) is 19.4. The molecule has 2 aliphatic heterocycles. The quantitative estimate of drug-likeness (QED) is 0.0862. The lowest BCUT2D eigenvalue weighted by molar-refractivity contribution is -0.137. The van der Waals surface area contributed by atoms with Gasteiger partial charge in [0.1, 0.15) is 11.6 Å². The minimum Gasteiger partial charge on any atom is -0.496 e. The van der Waals surface area contributed by atoms with E-state index in [4.69, 9.17) is 20.2 Å². The topological polar surface area (TPSA) is 118 Å². The van der Waals surface area contributed by atoms with Crippen molar-refractivity contribution in [1.82, 2.24) is 24.6 Å². The number of amides is 2. The van der Waals surface area contributed by atoms with Crippen LogP contribution < -0.4 is 26.4 Å². The van der Waals surface area contributed by atoms with Gasteiger partial charge in [0.05, 0.1) is 32.2 Å². The largest absolute Gasteiger partial charge is 0.496 e. The number of carbonyl (C=O) groups is 2. The number of ether oxygens (including phenoxy) is 2. The van der Waals surface area contributed by atoms with Gasteiger partial charge in [-0.15, -0.1) is 0 Å². The number of imide groups is 1. The van der Waals surface area contributed by atoms with Gasteiger partial charge < -0.3 is 30.0 Å². The van der Waals surface area contributed by atoms with Gasteiger partial charge in [0.15, 0.2) is 5.82 Å². The van der Waals surface area contributed by atoms with E-state index in [1.165, 1.54) is 17.1 Å². The lowest BCUT2D eigenvalue weighted by atomic mass is 9.84. The van der Waals surface area contributed by atoms with E-state index >= 15 is 0 Å². The Hall–Kier alpha value is -3.93. The van der Waals surface area contributed by atoms with Gasteiger partial charge in [-0.25, -0.2) is 4.99 Å². The summed E-state index contributed by atoms with van der Waals surface area (Å²) in [6, 6.07) is 8.53. The van der Waals surface area contributed by atoms with Crippen LogP contribution in [-0.2, 0) is 26.3 Å². The van der Waals surface area contributed by atoms with Crippen LogP contribution in [0.4, 0.5) is 0 Å². The van der Waals surface area contributed by atoms with E-state index in [2.05, 4.69) is 92.2 Å². The van der Waals surface area contributed by atoms with Gasteiger partial charge in [-0.3, -0.25) is 19.4 Å². The maximum Gasteiger partial charge on any atom is 0.253 e. The number of hydrogen-bond donors (Lipinski definition) is 2. The first-order valence-electron chi connectivity index (χ1n) is 19.5. The molecule has 1 aromatic carbocycles. The second-order valence-electron chi connectivity index (χ2n) is 16.0. The van der Waals surface area contributed by atoms with Crippen molar-refractivity contribution in [3.8, 4) is 5.75 Å². The lowest BCUT2D eigenvalue weighted by Gasteiger charge is -2.39. The zero-order valence-corrected chi connectivity index (χ0v) is 33.5. The SMILES string of the molecule is C=c1ccn(Cc2ccc(C(C)(C)COCC(C)(C)CN3CCN(CCN4C(=O)C=CC4=O)CC3)cc2OC)/c1=C(/N=C(/N)CCC)NCCCCC. The Bertz CT molecular complexity index is 1680. The first-order valence-corrected chi connectivity index (χ1v) is 19.5. The average Bonchev–Trinajstić information content (AvgIpc) is 3.64. The molecule has 2 amide bonds. The van der Waals surface area contributed by atoms with E-state index < -0.39 is 0 Å². The standard InChI is InChI=1S/C42H65N7O4/c1-9-11-12-19-44-40(45-36(43)13-10-2)39-32(3)18-20-48(39)28-33-14-15-34(27-35(33)52-8)42(6,7)31-53-30-41(4,5)29-47-23-21-46(22-24-47)25-26-49-37(50)16-17-38(49)51/h14-18,20,27,44H,3,9-13,19,21-26,28-31H2,1-2,4-8H3,(H2,43,45)/b40-39+. The monoisotopic (exact) mass is 732 g/mol. The zero-order chi connectivity index (χ0) is 38.6. The summed E-state index contributed by atoms with van der Waals surface area (Å²) >= 11 is 0. The van der Waals surface area contributed by atoms with E-state index in [9.17, 15) is 9.59 Å². The number of nitrogens with zero attached hydrogens (tertiary/aromatic N) is 5. The van der Waals surface area contributed by atoms with Crippen molar-refractivity contribution < 1.29 is 19.1 Å². The van der Waals surface area contributed by atoms with Gasteiger partial charge in [0.2, 0.25) is 0 Å². The number of nitrogens with two attached hydrogens (primary N) is 1. The Morgan fingerprint density at radius 3 is 2.30 bits per heavy atom. The van der Waals surface area contributed by atoms with Gasteiger partial charge in [0, 0.05) is 93.5 Å². The Morgan fingerprint density at radius 2 is 1.64 bits per heavy atom. The number of benzene rings is 1. The third kappa shape index (κ3) is 12.0. The highest BCUT2D eigenvalue weighted by Gasteiger charge is 2.29. The van der Waals surface area contributed by atoms with Crippen molar-refractivity contribution in [3.05, 3.63) is 64.3 Å². The van der Waals surface area contributed by atoms with Gasteiger partial charge in [0.25, 0.3) is 11.8 Å². The zero-order valence-electron chi connectivity index (χ0n) is 33.5. The molecule has 0 spiro atoms. The highest BCUT2D eigenvalue weighted by Crippen LogP contribution is 2.31. The highest BCUT2D eigenvalue weighted by atomic mass is 16.5. The molecule has 2 aromatic rings. The van der Waals surface area contributed by atoms with Crippen LogP contribution in [0, 0.1) is 5.41 Å². The summed E-state index contributed by atoms with van der Waals surface area (Å²) < 4.78 is 14.6. The molecule has 2 aliphatic rings. The van der Waals surface area contributed by atoms with E-state index in [1.54, 1.807) is 7.11 Å². The third-order valence-corrected chi connectivity index (χ3v) is 10.1. The van der Waals surface area contributed by atoms with E-state index in [0.717, 1.165) is 105 Å². The Morgan fingerprint density at radius 1 is 0.943 bits per heavy atom. The van der Waals surface area contributed by atoms with Crippen LogP contribution in [0.15, 0.2) is 47.6 Å². The Labute approximate surface area is 317 Å². The number of rotatable bonds is 21. The summed E-state index contributed by atoms with van der Waals surface area (Å²) in [4.78, 5) is 34.7. The van der Waals surface area contributed by atoms with Crippen LogP contribution in [0.3, 0.4) is 0 Å². The summed E-state index contributed by atoms with van der Waals surface area (Å²) in [5, 5.41) is 5.40. The van der Waals surface area contributed by atoms with Crippen LogP contribution >= 0.6 is 0 Å². The molecule has 53 heavy (non-hydrogen) atoms. The van der Waals surface area contributed by atoms with Gasteiger partial charge in [-0.2, -0.15) is 0 Å². The first-order chi connectivity index (χ1) is 25.3. The smallest absolute Gasteiger partial charge is 0.253 e. The molecule has 1 saturated heterocycles. The molecule has 3 N–H and O–H groups in total. The first kappa shape index (κ1) is 41.8. The van der Waals surface area contributed by atoms with Crippen LogP contribution in [0.2, 0.25) is 0 Å². The third-order valence-electron chi connectivity index (χ3n) is 10.1. The average molecular weight is 732 g/mol. The Kier molecular flexibility index (Phi) is 15.3. The molecule has 1 aromatic heterocycles. The number of aromatic nitrogens is 1. The summed E-state index contributed by atoms with van der Waals surface area (Å²) in [5.74, 6) is 1.80. The number of carbonyl (C=O) groups excluding carboxylic acids is 2. The maximum absolute atomic E-state index is 11.9. The van der Waals surface area contributed by atoms with Crippen molar-refractivity contribution in [3.63, 3.8) is 0 Å². The fourth-order valence-corrected chi connectivity index (χ4v) is 7.01. The Balaban J connectivity index is 1.35. The van der Waals surface area contributed by atoms with Gasteiger partial charge >= 0.3 is 0 Å². The molecule has 3 heterocycles. The van der Waals surface area contributed by atoms with Gasteiger partial charge in [-0.1, -0.05) is 73.1 Å². The predicted molar refractivity (Wildman–Crippen MR) is 215 cm³/mol. The fourth-order valence-electron chi connectivity index (χ4n) is 7.01. The van der Waals surface area contributed by atoms with E-state index in [0.29, 0.717) is 38.7 Å². The molecule has 292 valence electrons. The van der Waals surface area contributed by atoms with E-state index in [-0.39, 0.29) is 22.6 Å². The highest BCUT2D eigenvalue weighted by molar-refractivity contribution is 6.12. The molecule has 4 rings (SSSR count). The number of amidine groups is 1. The summed E-state index contributed by atoms with van der Waals surface area (Å²) in [6.07, 6.45) is 9.81. The number of unbranched alkanes of at least 4 members (excludes halogenated alkanes) is 2. The fraction of sp³-hybridized carbons (Fsp3) is 0.595. The molecule has 0 aliphatic carbocycles. The molecule has 0 saturated carbocycles. The van der Waals surface area contributed by atoms with Crippen LogP contribution in [-0.4, -0.2) is 110 Å². The number of aliphatic imine (C=N–C) groups is 1. The van der Waals surface area contributed by atoms with Gasteiger partial charge in [-0.05, 0) is 35.8 Å². The lowest BCUT2D eigenvalue weighted by Crippen LogP contribution is -2.51. The number of piperazine rings is 1.